The highest BCUT2D eigenvalue weighted by atomic mass is 28.3. The van der Waals surface area contributed by atoms with E-state index in [9.17, 15) is 0 Å². The van der Waals surface area contributed by atoms with Gasteiger partial charge in [0.2, 0.25) is 0 Å². The second-order valence-corrected chi connectivity index (χ2v) is 15.8. The second kappa shape index (κ2) is 11.1. The highest BCUT2D eigenvalue weighted by molar-refractivity contribution is 7.19. The first-order chi connectivity index (χ1) is 23.3. The normalized spacial score (nSPS) is 12.2. The van der Waals surface area contributed by atoms with Gasteiger partial charge in [0, 0.05) is 11.3 Å². The third kappa shape index (κ3) is 4.23. The topological polar surface area (TPSA) is 21.1 Å². The van der Waals surface area contributed by atoms with Gasteiger partial charge < -0.3 is 4.90 Å². The van der Waals surface area contributed by atoms with Gasteiger partial charge in [0.05, 0.1) is 28.1 Å². The molecule has 3 nitrogen and oxygen atoms in total. The van der Waals surface area contributed by atoms with Crippen LogP contribution in [-0.2, 0) is 0 Å². The van der Waals surface area contributed by atoms with Crippen LogP contribution < -0.4 is 25.6 Å². The second-order valence-electron chi connectivity index (χ2n) is 12.0. The minimum atomic E-state index is -2.62. The summed E-state index contributed by atoms with van der Waals surface area (Å²) in [5.74, 6) is 0.958. The van der Waals surface area contributed by atoms with Crippen LogP contribution >= 0.6 is 0 Å². The van der Waals surface area contributed by atoms with Gasteiger partial charge in [0.15, 0.2) is 8.07 Å². The predicted octanol–water partition coefficient (Wildman–Crippen LogP) is 7.85. The summed E-state index contributed by atoms with van der Waals surface area (Å²) in [6.45, 7) is 0. The van der Waals surface area contributed by atoms with E-state index in [0.717, 1.165) is 45.2 Å². The number of imidazole rings is 1. The molecule has 4 heteroatoms. The highest BCUT2D eigenvalue weighted by Gasteiger charge is 2.41. The lowest BCUT2D eigenvalue weighted by Gasteiger charge is -2.36. The summed E-state index contributed by atoms with van der Waals surface area (Å²) in [4.78, 5) is 7.57. The summed E-state index contributed by atoms with van der Waals surface area (Å²) in [5.41, 5.74) is 7.72. The van der Waals surface area contributed by atoms with Gasteiger partial charge in [-0.15, -0.1) is 0 Å². The van der Waals surface area contributed by atoms with E-state index in [1.54, 1.807) is 0 Å². The van der Waals surface area contributed by atoms with Crippen molar-refractivity contribution in [1.82, 2.24) is 9.55 Å². The summed E-state index contributed by atoms with van der Waals surface area (Å²) in [7, 11) is -2.62. The molecule has 0 saturated heterocycles. The van der Waals surface area contributed by atoms with Crippen molar-refractivity contribution in [3.8, 4) is 17.1 Å². The van der Waals surface area contributed by atoms with Gasteiger partial charge in [-0.3, -0.25) is 4.57 Å². The molecule has 47 heavy (non-hydrogen) atoms. The first kappa shape index (κ1) is 27.3. The van der Waals surface area contributed by atoms with Crippen molar-refractivity contribution in [3.05, 3.63) is 188 Å². The molecule has 0 saturated carbocycles. The van der Waals surface area contributed by atoms with Crippen LogP contribution in [0.3, 0.4) is 0 Å². The average molecular weight is 618 g/mol. The summed E-state index contributed by atoms with van der Waals surface area (Å²) in [6, 6.07) is 68.3. The lowest BCUT2D eigenvalue weighted by atomic mass is 10.1. The molecule has 0 unspecified atom stereocenters. The maximum absolute atomic E-state index is 5.17. The molecule has 222 valence electrons. The van der Waals surface area contributed by atoms with Crippen LogP contribution in [0.1, 0.15) is 0 Å². The van der Waals surface area contributed by atoms with Gasteiger partial charge in [0.25, 0.3) is 0 Å². The summed E-state index contributed by atoms with van der Waals surface area (Å²) in [5, 5.41) is 5.46. The first-order valence-electron chi connectivity index (χ1n) is 16.1. The van der Waals surface area contributed by atoms with Gasteiger partial charge >= 0.3 is 0 Å². The number of rotatable bonds is 6. The fraction of sp³-hybridized carbons (Fsp3) is 0. The largest absolute Gasteiger partial charge is 0.306 e. The first-order valence-corrected chi connectivity index (χ1v) is 18.1. The van der Waals surface area contributed by atoms with Gasteiger partial charge in [-0.1, -0.05) is 152 Å². The van der Waals surface area contributed by atoms with E-state index in [1.807, 2.05) is 0 Å². The van der Waals surface area contributed by atoms with Crippen molar-refractivity contribution >= 4 is 56.9 Å². The van der Waals surface area contributed by atoms with E-state index in [-0.39, 0.29) is 0 Å². The van der Waals surface area contributed by atoms with E-state index in [1.165, 1.54) is 20.7 Å². The smallest absolute Gasteiger partial charge is 0.179 e. The number of hydrogen-bond acceptors (Lipinski definition) is 2. The van der Waals surface area contributed by atoms with Crippen molar-refractivity contribution in [1.29, 1.82) is 0 Å². The average Bonchev–Trinajstić information content (AvgIpc) is 3.55. The Morgan fingerprint density at radius 2 is 0.851 bits per heavy atom. The highest BCUT2D eigenvalue weighted by Crippen LogP contribution is 2.48. The van der Waals surface area contributed by atoms with Crippen LogP contribution in [0.15, 0.2) is 188 Å². The van der Waals surface area contributed by atoms with Crippen LogP contribution in [0, 0.1) is 0 Å². The number of hydrogen-bond donors (Lipinski definition) is 0. The molecule has 0 fully saturated rings. The molecular weight excluding hydrogens is 587 g/mol. The number of para-hydroxylation sites is 3. The lowest BCUT2D eigenvalue weighted by molar-refractivity contribution is 1.06. The van der Waals surface area contributed by atoms with Crippen LogP contribution in [0.25, 0.3) is 28.1 Å². The van der Waals surface area contributed by atoms with Crippen molar-refractivity contribution < 1.29 is 0 Å². The van der Waals surface area contributed by atoms with Crippen LogP contribution in [0.5, 0.6) is 0 Å². The Morgan fingerprint density at radius 3 is 1.43 bits per heavy atom. The molecule has 1 aliphatic rings. The molecule has 0 aliphatic carbocycles. The lowest BCUT2D eigenvalue weighted by Crippen LogP contribution is -2.74. The maximum Gasteiger partial charge on any atom is 0.179 e. The van der Waals surface area contributed by atoms with Gasteiger partial charge in [-0.25, -0.2) is 4.98 Å². The Balaban J connectivity index is 1.26. The summed E-state index contributed by atoms with van der Waals surface area (Å²) >= 11 is 0. The van der Waals surface area contributed by atoms with Crippen LogP contribution in [0.4, 0.5) is 17.1 Å². The molecule has 9 rings (SSSR count). The van der Waals surface area contributed by atoms with Gasteiger partial charge in [0.1, 0.15) is 5.82 Å². The third-order valence-corrected chi connectivity index (χ3v) is 14.3. The van der Waals surface area contributed by atoms with E-state index in [4.69, 9.17) is 4.98 Å². The molecule has 0 spiro atoms. The van der Waals surface area contributed by atoms with E-state index in [2.05, 4.69) is 198 Å². The van der Waals surface area contributed by atoms with Crippen molar-refractivity contribution in [2.45, 2.75) is 0 Å². The molecule has 0 bridgehead atoms. The Hall–Kier alpha value is -5.97. The maximum atomic E-state index is 5.17. The molecule has 0 amide bonds. The molecule has 0 radical (unpaired) electrons. The monoisotopic (exact) mass is 617 g/mol. The zero-order chi connectivity index (χ0) is 31.2. The Labute approximate surface area is 275 Å². The summed E-state index contributed by atoms with van der Waals surface area (Å²) in [6.07, 6.45) is 0. The standard InChI is InChI=1S/C43H31N3Si/c1-5-16-32(17-6-1)43-44-38-24-15-27-41-42(38)46(43)40-26-14-13-25-39(40)45(41)33-28-30-37(31-29-33)47(34-18-7-2-8-19-34,35-20-9-3-10-21-35)36-22-11-4-12-23-36/h1-31H. The summed E-state index contributed by atoms with van der Waals surface area (Å²) < 4.78 is 2.33. The molecule has 1 aromatic heterocycles. The van der Waals surface area contributed by atoms with E-state index in [0.29, 0.717) is 0 Å². The van der Waals surface area contributed by atoms with Crippen LogP contribution in [0.2, 0.25) is 0 Å². The Kier molecular flexibility index (Phi) is 6.47. The third-order valence-electron chi connectivity index (χ3n) is 9.47. The number of aromatic nitrogens is 2. The molecule has 0 N–H and O–H groups in total. The minimum absolute atomic E-state index is 0.958. The number of nitrogens with zero attached hydrogens (tertiary/aromatic N) is 3. The Bertz CT molecular complexity index is 2240. The zero-order valence-electron chi connectivity index (χ0n) is 25.7. The minimum Gasteiger partial charge on any atom is -0.306 e. The number of benzene rings is 7. The number of anilines is 3. The number of fused-ring (bicyclic) bond motifs is 2. The van der Waals surface area contributed by atoms with E-state index < -0.39 is 8.07 Å². The molecule has 7 aromatic carbocycles. The molecule has 2 heterocycles. The van der Waals surface area contributed by atoms with Gasteiger partial charge in [-0.2, -0.15) is 0 Å². The predicted molar refractivity (Wildman–Crippen MR) is 198 cm³/mol. The van der Waals surface area contributed by atoms with Crippen molar-refractivity contribution in [3.63, 3.8) is 0 Å². The quantitative estimate of drug-likeness (QED) is 0.140. The molecule has 0 atom stereocenters. The van der Waals surface area contributed by atoms with Crippen molar-refractivity contribution in [2.24, 2.45) is 0 Å². The zero-order valence-corrected chi connectivity index (χ0v) is 26.7. The fourth-order valence-electron chi connectivity index (χ4n) is 7.48. The molecule has 1 aliphatic heterocycles. The van der Waals surface area contributed by atoms with Crippen LogP contribution in [-0.4, -0.2) is 17.6 Å². The van der Waals surface area contributed by atoms with Gasteiger partial charge in [-0.05, 0) is 57.1 Å². The molecular formula is C43H31N3Si. The fourth-order valence-corrected chi connectivity index (χ4v) is 12.2. The van der Waals surface area contributed by atoms with Crippen molar-refractivity contribution in [2.75, 3.05) is 4.90 Å². The Morgan fingerprint density at radius 1 is 0.383 bits per heavy atom. The SMILES string of the molecule is c1ccc(-c2nc3cccc4c3n2-c2ccccc2N4c2ccc([Si](c3ccccc3)(c3ccccc3)c3ccccc3)cc2)cc1. The van der Waals surface area contributed by atoms with E-state index >= 15 is 0 Å². The molecule has 8 aromatic rings.